The number of rotatable bonds is 6. The molecule has 1 amide bonds. The Morgan fingerprint density at radius 1 is 1.52 bits per heavy atom. The second kappa shape index (κ2) is 7.33. The molecule has 112 valence electrons. The molecule has 2 unspecified atom stereocenters. The summed E-state index contributed by atoms with van der Waals surface area (Å²) in [4.78, 5) is 20.9. The van der Waals surface area contributed by atoms with Gasteiger partial charge in [0, 0.05) is 19.5 Å². The minimum absolute atomic E-state index is 0.0396. The SMILES string of the molecule is CC(=O)NCCC(O)C(O)c1ccc(C#N)cc1[N+](=O)[O-]. The molecule has 0 aromatic heterocycles. The number of nitro groups is 1. The van der Waals surface area contributed by atoms with E-state index in [0.29, 0.717) is 0 Å². The van der Waals surface area contributed by atoms with Gasteiger partial charge in [-0.1, -0.05) is 0 Å². The number of nitriles is 1. The maximum absolute atomic E-state index is 11.0. The number of benzene rings is 1. The minimum atomic E-state index is -1.48. The van der Waals surface area contributed by atoms with Gasteiger partial charge in [-0.3, -0.25) is 14.9 Å². The number of hydrogen-bond acceptors (Lipinski definition) is 6. The number of carbonyl (C=O) groups is 1. The van der Waals surface area contributed by atoms with Crippen molar-refractivity contribution in [1.82, 2.24) is 5.32 Å². The summed E-state index contributed by atoms with van der Waals surface area (Å²) >= 11 is 0. The molecule has 21 heavy (non-hydrogen) atoms. The lowest BCUT2D eigenvalue weighted by atomic mass is 9.99. The van der Waals surface area contributed by atoms with Crippen LogP contribution in [0.2, 0.25) is 0 Å². The summed E-state index contributed by atoms with van der Waals surface area (Å²) in [6.07, 6.45) is -2.71. The molecule has 0 aliphatic heterocycles. The fourth-order valence-electron chi connectivity index (χ4n) is 1.78. The van der Waals surface area contributed by atoms with Crippen molar-refractivity contribution in [1.29, 1.82) is 5.26 Å². The number of amides is 1. The molecule has 0 fully saturated rings. The first-order valence-electron chi connectivity index (χ1n) is 6.15. The first-order valence-corrected chi connectivity index (χ1v) is 6.15. The van der Waals surface area contributed by atoms with Crippen LogP contribution in [0, 0.1) is 21.4 Å². The molecule has 1 aromatic carbocycles. The molecule has 1 aromatic rings. The van der Waals surface area contributed by atoms with E-state index in [1.165, 1.54) is 19.1 Å². The Balaban J connectivity index is 2.91. The Hall–Kier alpha value is -2.50. The highest BCUT2D eigenvalue weighted by atomic mass is 16.6. The number of nitro benzene ring substituents is 1. The van der Waals surface area contributed by atoms with E-state index in [-0.39, 0.29) is 30.0 Å². The van der Waals surface area contributed by atoms with Gasteiger partial charge in [0.2, 0.25) is 5.91 Å². The molecule has 0 saturated carbocycles. The van der Waals surface area contributed by atoms with Gasteiger partial charge < -0.3 is 15.5 Å². The highest BCUT2D eigenvalue weighted by Crippen LogP contribution is 2.29. The first kappa shape index (κ1) is 16.6. The number of hydrogen-bond donors (Lipinski definition) is 3. The van der Waals surface area contributed by atoms with E-state index in [4.69, 9.17) is 5.26 Å². The van der Waals surface area contributed by atoms with Gasteiger partial charge in [-0.2, -0.15) is 5.26 Å². The van der Waals surface area contributed by atoms with Gasteiger partial charge in [-0.25, -0.2) is 0 Å². The number of carbonyl (C=O) groups excluding carboxylic acids is 1. The van der Waals surface area contributed by atoms with E-state index < -0.39 is 22.8 Å². The number of aliphatic hydroxyl groups is 2. The summed E-state index contributed by atoms with van der Waals surface area (Å²) in [5.74, 6) is -0.277. The molecule has 0 spiro atoms. The zero-order chi connectivity index (χ0) is 16.0. The van der Waals surface area contributed by atoms with Crippen LogP contribution < -0.4 is 5.32 Å². The molecule has 0 heterocycles. The molecule has 8 nitrogen and oxygen atoms in total. The summed E-state index contributed by atoms with van der Waals surface area (Å²) in [5.41, 5.74) is -0.417. The monoisotopic (exact) mass is 293 g/mol. The van der Waals surface area contributed by atoms with Crippen LogP contribution in [0.15, 0.2) is 18.2 Å². The maximum atomic E-state index is 11.0. The van der Waals surface area contributed by atoms with Gasteiger partial charge in [-0.15, -0.1) is 0 Å². The number of aliphatic hydroxyl groups excluding tert-OH is 2. The van der Waals surface area contributed by atoms with E-state index in [1.54, 1.807) is 6.07 Å². The van der Waals surface area contributed by atoms with Crippen molar-refractivity contribution in [2.75, 3.05) is 6.54 Å². The molecule has 1 rings (SSSR count). The van der Waals surface area contributed by atoms with Crippen LogP contribution >= 0.6 is 0 Å². The van der Waals surface area contributed by atoms with E-state index in [1.807, 2.05) is 0 Å². The van der Waals surface area contributed by atoms with Gasteiger partial charge in [0.1, 0.15) is 6.10 Å². The molecule has 3 N–H and O–H groups in total. The fraction of sp³-hybridized carbons (Fsp3) is 0.385. The molecule has 8 heteroatoms. The Morgan fingerprint density at radius 2 is 2.19 bits per heavy atom. The number of nitrogens with one attached hydrogen (secondary N) is 1. The van der Waals surface area contributed by atoms with Gasteiger partial charge in [0.25, 0.3) is 5.69 Å². The minimum Gasteiger partial charge on any atom is -0.390 e. The Bertz CT molecular complexity index is 582. The third-order valence-electron chi connectivity index (χ3n) is 2.85. The van der Waals surface area contributed by atoms with E-state index in [9.17, 15) is 25.1 Å². The van der Waals surface area contributed by atoms with Crippen molar-refractivity contribution in [3.63, 3.8) is 0 Å². The van der Waals surface area contributed by atoms with Crippen molar-refractivity contribution in [2.45, 2.75) is 25.6 Å². The Morgan fingerprint density at radius 3 is 2.71 bits per heavy atom. The zero-order valence-electron chi connectivity index (χ0n) is 11.3. The highest BCUT2D eigenvalue weighted by Gasteiger charge is 2.26. The average molecular weight is 293 g/mol. The molecular formula is C13H15N3O5. The van der Waals surface area contributed by atoms with Gasteiger partial charge in [-0.05, 0) is 18.6 Å². The van der Waals surface area contributed by atoms with Crippen LogP contribution in [-0.4, -0.2) is 33.7 Å². The fourth-order valence-corrected chi connectivity index (χ4v) is 1.78. The quantitative estimate of drug-likeness (QED) is 0.512. The highest BCUT2D eigenvalue weighted by molar-refractivity contribution is 5.72. The summed E-state index contributed by atoms with van der Waals surface area (Å²) in [5, 5.41) is 42.0. The van der Waals surface area contributed by atoms with Crippen molar-refractivity contribution >= 4 is 11.6 Å². The van der Waals surface area contributed by atoms with E-state index in [2.05, 4.69) is 5.32 Å². The predicted molar refractivity (Wildman–Crippen MR) is 72.1 cm³/mol. The lowest BCUT2D eigenvalue weighted by Gasteiger charge is -2.18. The molecule has 0 radical (unpaired) electrons. The Kier molecular flexibility index (Phi) is 5.78. The third kappa shape index (κ3) is 4.52. The van der Waals surface area contributed by atoms with Crippen LogP contribution in [0.25, 0.3) is 0 Å². The normalized spacial score (nSPS) is 13.0. The molecule has 2 atom stereocenters. The van der Waals surface area contributed by atoms with Crippen molar-refractivity contribution in [3.8, 4) is 6.07 Å². The summed E-state index contributed by atoms with van der Waals surface area (Å²) in [6, 6.07) is 5.37. The first-order chi connectivity index (χ1) is 9.86. The second-order valence-electron chi connectivity index (χ2n) is 4.43. The lowest BCUT2D eigenvalue weighted by Crippen LogP contribution is -2.28. The summed E-state index contributed by atoms with van der Waals surface area (Å²) in [7, 11) is 0. The smallest absolute Gasteiger partial charge is 0.276 e. The molecule has 0 bridgehead atoms. The van der Waals surface area contributed by atoms with E-state index >= 15 is 0 Å². The Labute approximate surface area is 120 Å². The van der Waals surface area contributed by atoms with Gasteiger partial charge in [0.05, 0.1) is 28.2 Å². The van der Waals surface area contributed by atoms with Gasteiger partial charge in [0.15, 0.2) is 0 Å². The largest absolute Gasteiger partial charge is 0.390 e. The lowest BCUT2D eigenvalue weighted by molar-refractivity contribution is -0.386. The van der Waals surface area contributed by atoms with Crippen LogP contribution in [-0.2, 0) is 4.79 Å². The summed E-state index contributed by atoms with van der Waals surface area (Å²) in [6.45, 7) is 1.45. The van der Waals surface area contributed by atoms with E-state index in [0.717, 1.165) is 6.07 Å². The van der Waals surface area contributed by atoms with Crippen molar-refractivity contribution < 1.29 is 19.9 Å². The van der Waals surface area contributed by atoms with Crippen molar-refractivity contribution in [2.24, 2.45) is 0 Å². The van der Waals surface area contributed by atoms with Crippen LogP contribution in [0.1, 0.15) is 30.6 Å². The topological polar surface area (TPSA) is 136 Å². The standard InChI is InChI=1S/C13H15N3O5/c1-8(17)15-5-4-12(18)13(19)10-3-2-9(7-14)6-11(10)16(20)21/h2-3,6,12-13,18-19H,4-5H2,1H3,(H,15,17). The molecule has 0 aliphatic carbocycles. The third-order valence-corrected chi connectivity index (χ3v) is 2.85. The van der Waals surface area contributed by atoms with Crippen LogP contribution in [0.3, 0.4) is 0 Å². The van der Waals surface area contributed by atoms with Crippen molar-refractivity contribution in [3.05, 3.63) is 39.4 Å². The molecular weight excluding hydrogens is 278 g/mol. The van der Waals surface area contributed by atoms with Gasteiger partial charge >= 0.3 is 0 Å². The molecule has 0 aliphatic rings. The predicted octanol–water partition coefficient (Wildman–Crippen LogP) is 0.387. The van der Waals surface area contributed by atoms with Crippen LogP contribution in [0.4, 0.5) is 5.69 Å². The second-order valence-corrected chi connectivity index (χ2v) is 4.43. The average Bonchev–Trinajstić information content (AvgIpc) is 2.45. The number of nitrogens with zero attached hydrogens (tertiary/aromatic N) is 2. The maximum Gasteiger partial charge on any atom is 0.276 e. The zero-order valence-corrected chi connectivity index (χ0v) is 11.3. The van der Waals surface area contributed by atoms with Crippen LogP contribution in [0.5, 0.6) is 0 Å². The summed E-state index contributed by atoms with van der Waals surface area (Å²) < 4.78 is 0. The molecule has 0 saturated heterocycles.